The van der Waals surface area contributed by atoms with E-state index >= 15 is 0 Å². The summed E-state index contributed by atoms with van der Waals surface area (Å²) >= 11 is 0. The maximum atomic E-state index is 13.2. The molecule has 1 N–H and O–H groups in total. The van der Waals surface area contributed by atoms with E-state index in [1.165, 1.54) is 12.1 Å². The van der Waals surface area contributed by atoms with Crippen LogP contribution in [0.1, 0.15) is 30.4 Å². The van der Waals surface area contributed by atoms with Crippen molar-refractivity contribution in [2.75, 3.05) is 13.2 Å². The highest BCUT2D eigenvalue weighted by Gasteiger charge is 2.22. The van der Waals surface area contributed by atoms with E-state index in [1.54, 1.807) is 13.8 Å². The fourth-order valence-electron chi connectivity index (χ4n) is 2.56. The summed E-state index contributed by atoms with van der Waals surface area (Å²) in [5.41, 5.74) is 0.833. The second-order valence-corrected chi connectivity index (χ2v) is 6.91. The van der Waals surface area contributed by atoms with Gasteiger partial charge >= 0.3 is 0 Å². The van der Waals surface area contributed by atoms with Crippen LogP contribution in [0, 0.1) is 19.7 Å². The van der Waals surface area contributed by atoms with Crippen molar-refractivity contribution in [2.45, 2.75) is 44.1 Å². The molecule has 1 aromatic rings. The Morgan fingerprint density at radius 2 is 1.95 bits per heavy atom. The van der Waals surface area contributed by atoms with Gasteiger partial charge in [0.05, 0.1) is 11.0 Å². The Kier molecular flexibility index (Phi) is 4.78. The summed E-state index contributed by atoms with van der Waals surface area (Å²) in [5, 5.41) is 0. The number of nitrogens with one attached hydrogen (secondary N) is 1. The summed E-state index contributed by atoms with van der Waals surface area (Å²) in [7, 11) is -3.63. The lowest BCUT2D eigenvalue weighted by molar-refractivity contribution is 0.0200. The lowest BCUT2D eigenvalue weighted by Crippen LogP contribution is -2.36. The first-order valence-electron chi connectivity index (χ1n) is 6.78. The van der Waals surface area contributed by atoms with Crippen molar-refractivity contribution in [2.24, 2.45) is 0 Å². The highest BCUT2D eigenvalue weighted by Crippen LogP contribution is 2.21. The lowest BCUT2D eigenvalue weighted by atomic mass is 10.1. The Morgan fingerprint density at radius 3 is 2.50 bits per heavy atom. The zero-order valence-corrected chi connectivity index (χ0v) is 12.6. The minimum atomic E-state index is -3.63. The second kappa shape index (κ2) is 6.20. The Labute approximate surface area is 119 Å². The Bertz CT molecular complexity index is 557. The van der Waals surface area contributed by atoms with Gasteiger partial charge in [-0.05, 0) is 56.4 Å². The fraction of sp³-hybridized carbons (Fsp3) is 0.571. The highest BCUT2D eigenvalue weighted by atomic mass is 32.2. The van der Waals surface area contributed by atoms with E-state index in [-0.39, 0.29) is 17.5 Å². The topological polar surface area (TPSA) is 55.4 Å². The number of sulfonamides is 1. The standard InChI is InChI=1S/C14H20FNO3S/c1-10-7-12(15)8-11(2)14(10)20(17,18)16-9-13-5-3-4-6-19-13/h7-8,13,16H,3-6,9H2,1-2H3. The molecule has 1 heterocycles. The minimum Gasteiger partial charge on any atom is -0.377 e. The van der Waals surface area contributed by atoms with Crippen molar-refractivity contribution in [3.8, 4) is 0 Å². The Hall–Kier alpha value is -0.980. The van der Waals surface area contributed by atoms with Crippen LogP contribution in [0.4, 0.5) is 4.39 Å². The normalized spacial score (nSPS) is 20.1. The van der Waals surface area contributed by atoms with Crippen LogP contribution >= 0.6 is 0 Å². The number of aryl methyl sites for hydroxylation is 2. The number of halogens is 1. The molecule has 1 atom stereocenters. The van der Waals surface area contributed by atoms with Crippen LogP contribution in [0.2, 0.25) is 0 Å². The molecule has 0 saturated carbocycles. The molecule has 20 heavy (non-hydrogen) atoms. The van der Waals surface area contributed by atoms with Gasteiger partial charge < -0.3 is 4.74 Å². The molecule has 6 heteroatoms. The highest BCUT2D eigenvalue weighted by molar-refractivity contribution is 7.89. The van der Waals surface area contributed by atoms with Gasteiger partial charge in [-0.25, -0.2) is 17.5 Å². The van der Waals surface area contributed by atoms with Gasteiger partial charge in [0.25, 0.3) is 0 Å². The van der Waals surface area contributed by atoms with E-state index in [4.69, 9.17) is 4.74 Å². The average molecular weight is 301 g/mol. The van der Waals surface area contributed by atoms with Gasteiger partial charge in [-0.15, -0.1) is 0 Å². The fourth-order valence-corrected chi connectivity index (χ4v) is 4.08. The molecule has 1 aliphatic heterocycles. The maximum Gasteiger partial charge on any atom is 0.241 e. The molecule has 1 fully saturated rings. The molecule has 0 aliphatic carbocycles. The molecule has 4 nitrogen and oxygen atoms in total. The first-order chi connectivity index (χ1) is 9.40. The average Bonchev–Trinajstić information content (AvgIpc) is 2.36. The van der Waals surface area contributed by atoms with Gasteiger partial charge in [-0.2, -0.15) is 0 Å². The number of hydrogen-bond acceptors (Lipinski definition) is 3. The third-order valence-electron chi connectivity index (χ3n) is 3.47. The molecule has 1 aliphatic rings. The third-order valence-corrected chi connectivity index (χ3v) is 5.20. The molecule has 0 spiro atoms. The van der Waals surface area contributed by atoms with E-state index in [1.807, 2.05) is 0 Å². The molecule has 112 valence electrons. The summed E-state index contributed by atoms with van der Waals surface area (Å²) in [4.78, 5) is 0.162. The second-order valence-electron chi connectivity index (χ2n) is 5.21. The van der Waals surface area contributed by atoms with E-state index in [0.717, 1.165) is 19.3 Å². The van der Waals surface area contributed by atoms with Gasteiger partial charge in [0.1, 0.15) is 5.82 Å². The van der Waals surface area contributed by atoms with Crippen molar-refractivity contribution in [3.05, 3.63) is 29.1 Å². The van der Waals surface area contributed by atoms with Crippen molar-refractivity contribution >= 4 is 10.0 Å². The number of benzene rings is 1. The predicted octanol–water partition coefficient (Wildman–Crippen LogP) is 2.29. The molecular weight excluding hydrogens is 281 g/mol. The van der Waals surface area contributed by atoms with Crippen LogP contribution in [0.3, 0.4) is 0 Å². The molecule has 1 aromatic carbocycles. The van der Waals surface area contributed by atoms with Crippen molar-refractivity contribution < 1.29 is 17.5 Å². The van der Waals surface area contributed by atoms with Crippen LogP contribution in [-0.2, 0) is 14.8 Å². The number of ether oxygens (including phenoxy) is 1. The number of hydrogen-bond donors (Lipinski definition) is 1. The van der Waals surface area contributed by atoms with Crippen LogP contribution in [0.15, 0.2) is 17.0 Å². The van der Waals surface area contributed by atoms with Crippen LogP contribution in [0.5, 0.6) is 0 Å². The van der Waals surface area contributed by atoms with Crippen LogP contribution in [0.25, 0.3) is 0 Å². The zero-order chi connectivity index (χ0) is 14.8. The SMILES string of the molecule is Cc1cc(F)cc(C)c1S(=O)(=O)NCC1CCCCO1. The van der Waals surface area contributed by atoms with Crippen LogP contribution < -0.4 is 4.72 Å². The molecule has 0 aromatic heterocycles. The van der Waals surface area contributed by atoms with Crippen LogP contribution in [-0.4, -0.2) is 27.7 Å². The molecule has 0 amide bonds. The monoisotopic (exact) mass is 301 g/mol. The van der Waals surface area contributed by atoms with Gasteiger partial charge in [0, 0.05) is 13.2 Å². The van der Waals surface area contributed by atoms with Crippen molar-refractivity contribution in [1.82, 2.24) is 4.72 Å². The van der Waals surface area contributed by atoms with Gasteiger partial charge in [-0.3, -0.25) is 0 Å². The summed E-state index contributed by atoms with van der Waals surface area (Å²) < 4.78 is 46.0. The summed E-state index contributed by atoms with van der Waals surface area (Å²) in [6, 6.07) is 2.47. The van der Waals surface area contributed by atoms with Gasteiger partial charge in [0.2, 0.25) is 10.0 Å². The van der Waals surface area contributed by atoms with E-state index in [9.17, 15) is 12.8 Å². The summed E-state index contributed by atoms with van der Waals surface area (Å²) in [6.07, 6.45) is 2.88. The van der Waals surface area contributed by atoms with Gasteiger partial charge in [-0.1, -0.05) is 0 Å². The van der Waals surface area contributed by atoms with E-state index < -0.39 is 15.8 Å². The van der Waals surface area contributed by atoms with E-state index in [0.29, 0.717) is 17.7 Å². The third kappa shape index (κ3) is 3.56. The first kappa shape index (κ1) is 15.4. The Balaban J connectivity index is 2.14. The lowest BCUT2D eigenvalue weighted by Gasteiger charge is -2.23. The van der Waals surface area contributed by atoms with Gasteiger partial charge in [0.15, 0.2) is 0 Å². The molecule has 0 radical (unpaired) electrons. The molecule has 0 bridgehead atoms. The Morgan fingerprint density at radius 1 is 1.30 bits per heavy atom. The summed E-state index contributed by atoms with van der Waals surface area (Å²) in [5.74, 6) is -0.422. The molecule has 2 rings (SSSR count). The zero-order valence-electron chi connectivity index (χ0n) is 11.8. The smallest absolute Gasteiger partial charge is 0.241 e. The molecule has 1 saturated heterocycles. The molecule has 1 unspecified atom stereocenters. The number of rotatable bonds is 4. The minimum absolute atomic E-state index is 0.0698. The maximum absolute atomic E-state index is 13.2. The van der Waals surface area contributed by atoms with Crippen molar-refractivity contribution in [3.63, 3.8) is 0 Å². The molecular formula is C14H20FNO3S. The largest absolute Gasteiger partial charge is 0.377 e. The van der Waals surface area contributed by atoms with E-state index in [2.05, 4.69) is 4.72 Å². The first-order valence-corrected chi connectivity index (χ1v) is 8.26. The quantitative estimate of drug-likeness (QED) is 0.928. The predicted molar refractivity (Wildman–Crippen MR) is 74.7 cm³/mol. The summed E-state index contributed by atoms with van der Waals surface area (Å²) in [6.45, 7) is 4.14. The van der Waals surface area contributed by atoms with Crippen molar-refractivity contribution in [1.29, 1.82) is 0 Å².